The van der Waals surface area contributed by atoms with Crippen molar-refractivity contribution < 1.29 is 4.79 Å². The van der Waals surface area contributed by atoms with Gasteiger partial charge in [0.05, 0.1) is 18.3 Å². The molecule has 0 aliphatic rings. The molecule has 4 nitrogen and oxygen atoms in total. The minimum absolute atomic E-state index is 0.0792. The lowest BCUT2D eigenvalue weighted by molar-refractivity contribution is -0.129. The maximum Gasteiger partial charge on any atom is 0.227 e. The number of hydrogen-bond acceptors (Lipinski definition) is 2. The van der Waals surface area contributed by atoms with Crippen LogP contribution in [0.4, 0.5) is 0 Å². The Labute approximate surface area is 158 Å². The van der Waals surface area contributed by atoms with E-state index in [1.807, 2.05) is 61.8 Å². The van der Waals surface area contributed by atoms with Gasteiger partial charge >= 0.3 is 0 Å². The van der Waals surface area contributed by atoms with Crippen LogP contribution in [0.1, 0.15) is 11.1 Å². The van der Waals surface area contributed by atoms with Crippen molar-refractivity contribution in [2.24, 2.45) is 0 Å². The lowest BCUT2D eigenvalue weighted by Crippen LogP contribution is -2.27. The van der Waals surface area contributed by atoms with Gasteiger partial charge in [0.2, 0.25) is 5.91 Å². The molecule has 0 fully saturated rings. The Morgan fingerprint density at radius 1 is 0.963 bits per heavy atom. The fraction of sp³-hybridized carbons (Fsp3) is 0.130. The Morgan fingerprint density at radius 2 is 1.70 bits per heavy atom. The van der Waals surface area contributed by atoms with Crippen LogP contribution in [0.5, 0.6) is 0 Å². The van der Waals surface area contributed by atoms with Gasteiger partial charge in [-0.1, -0.05) is 60.7 Å². The van der Waals surface area contributed by atoms with Gasteiger partial charge in [-0.3, -0.25) is 4.79 Å². The molecule has 3 aromatic carbocycles. The van der Waals surface area contributed by atoms with Crippen LogP contribution in [0, 0.1) is 0 Å². The summed E-state index contributed by atoms with van der Waals surface area (Å²) in [6, 6.07) is 24.4. The molecule has 4 aromatic rings. The molecule has 0 aliphatic carbocycles. The van der Waals surface area contributed by atoms with Crippen LogP contribution in [-0.2, 0) is 17.8 Å². The Kier molecular flexibility index (Phi) is 4.71. The largest absolute Gasteiger partial charge is 0.341 e. The second-order valence-corrected chi connectivity index (χ2v) is 6.69. The average Bonchev–Trinajstić information content (AvgIpc) is 3.17. The molecule has 1 heterocycles. The third-order valence-electron chi connectivity index (χ3n) is 4.73. The van der Waals surface area contributed by atoms with Crippen LogP contribution in [0.3, 0.4) is 0 Å². The summed E-state index contributed by atoms with van der Waals surface area (Å²) in [7, 11) is 1.85. The van der Waals surface area contributed by atoms with Gasteiger partial charge in [-0.25, -0.2) is 4.68 Å². The summed E-state index contributed by atoms with van der Waals surface area (Å²) in [5, 5.41) is 6.76. The Morgan fingerprint density at radius 3 is 2.56 bits per heavy atom. The molecule has 27 heavy (non-hydrogen) atoms. The third kappa shape index (κ3) is 3.75. The number of likely N-dealkylation sites (N-methyl/N-ethyl adjacent to an activating group) is 1. The first kappa shape index (κ1) is 17.0. The minimum Gasteiger partial charge on any atom is -0.341 e. The van der Waals surface area contributed by atoms with Gasteiger partial charge in [-0.15, -0.1) is 0 Å². The van der Waals surface area contributed by atoms with Gasteiger partial charge < -0.3 is 4.90 Å². The lowest BCUT2D eigenvalue weighted by Gasteiger charge is -2.18. The van der Waals surface area contributed by atoms with Crippen molar-refractivity contribution in [2.45, 2.75) is 13.0 Å². The van der Waals surface area contributed by atoms with Crippen molar-refractivity contribution >= 4 is 16.7 Å². The molecular weight excluding hydrogens is 334 g/mol. The van der Waals surface area contributed by atoms with E-state index in [0.29, 0.717) is 13.0 Å². The number of fused-ring (bicyclic) bond motifs is 1. The maximum absolute atomic E-state index is 12.7. The Bertz CT molecular complexity index is 1060. The fourth-order valence-corrected chi connectivity index (χ4v) is 3.26. The van der Waals surface area contributed by atoms with Crippen LogP contribution in [0.2, 0.25) is 0 Å². The zero-order chi connectivity index (χ0) is 18.6. The second kappa shape index (κ2) is 7.46. The van der Waals surface area contributed by atoms with Gasteiger partial charge in [-0.05, 0) is 34.0 Å². The Balaban J connectivity index is 1.46. The number of aromatic nitrogens is 2. The molecule has 0 radical (unpaired) electrons. The van der Waals surface area contributed by atoms with Crippen LogP contribution in [-0.4, -0.2) is 27.6 Å². The topological polar surface area (TPSA) is 38.1 Å². The zero-order valence-corrected chi connectivity index (χ0v) is 15.2. The van der Waals surface area contributed by atoms with E-state index < -0.39 is 0 Å². The smallest absolute Gasteiger partial charge is 0.227 e. The summed E-state index contributed by atoms with van der Waals surface area (Å²) in [5.74, 6) is 0.0792. The van der Waals surface area contributed by atoms with E-state index in [4.69, 9.17) is 0 Å². The van der Waals surface area contributed by atoms with Gasteiger partial charge in [0.15, 0.2) is 0 Å². The molecule has 0 bridgehead atoms. The maximum atomic E-state index is 12.7. The summed E-state index contributed by atoms with van der Waals surface area (Å²) in [6.07, 6.45) is 4.02. The van der Waals surface area contributed by atoms with Crippen molar-refractivity contribution in [2.75, 3.05) is 7.05 Å². The van der Waals surface area contributed by atoms with Crippen LogP contribution in [0.25, 0.3) is 16.5 Å². The molecule has 0 aliphatic heterocycles. The summed E-state index contributed by atoms with van der Waals surface area (Å²) in [5.41, 5.74) is 3.05. The number of carbonyl (C=O) groups excluding carboxylic acids is 1. The van der Waals surface area contributed by atoms with E-state index in [0.717, 1.165) is 16.8 Å². The molecule has 1 aromatic heterocycles. The van der Waals surface area contributed by atoms with E-state index >= 15 is 0 Å². The van der Waals surface area contributed by atoms with Crippen molar-refractivity contribution in [1.82, 2.24) is 14.7 Å². The normalized spacial score (nSPS) is 10.9. The minimum atomic E-state index is 0.0792. The number of carbonyl (C=O) groups is 1. The first-order valence-electron chi connectivity index (χ1n) is 9.00. The molecule has 0 N–H and O–H groups in total. The highest BCUT2D eigenvalue weighted by molar-refractivity contribution is 5.86. The molecule has 1 amide bonds. The van der Waals surface area contributed by atoms with E-state index in [2.05, 4.69) is 29.4 Å². The molecule has 0 saturated carbocycles. The number of nitrogens with zero attached hydrogens (tertiary/aromatic N) is 3. The first-order valence-corrected chi connectivity index (χ1v) is 9.00. The molecule has 0 atom stereocenters. The fourth-order valence-electron chi connectivity index (χ4n) is 3.26. The van der Waals surface area contributed by atoms with Gasteiger partial charge in [0.25, 0.3) is 0 Å². The molecule has 0 saturated heterocycles. The first-order chi connectivity index (χ1) is 13.2. The highest BCUT2D eigenvalue weighted by Crippen LogP contribution is 2.20. The van der Waals surface area contributed by atoms with Crippen LogP contribution < -0.4 is 0 Å². The molecule has 4 heteroatoms. The monoisotopic (exact) mass is 355 g/mol. The van der Waals surface area contributed by atoms with Crippen LogP contribution >= 0.6 is 0 Å². The number of benzene rings is 3. The Hall–Kier alpha value is -3.40. The van der Waals surface area contributed by atoms with Crippen molar-refractivity contribution in [3.63, 3.8) is 0 Å². The number of amides is 1. The number of hydrogen-bond donors (Lipinski definition) is 0. The quantitative estimate of drug-likeness (QED) is 0.537. The standard InChI is InChI=1S/C23H21N3O/c1-25(17-20-10-7-9-19-8-5-6-13-22(19)20)23(27)14-18-15-24-26(16-18)21-11-3-2-4-12-21/h2-13,15-16H,14,17H2,1H3. The predicted molar refractivity (Wildman–Crippen MR) is 108 cm³/mol. The summed E-state index contributed by atoms with van der Waals surface area (Å²) >= 11 is 0. The highest BCUT2D eigenvalue weighted by Gasteiger charge is 2.13. The predicted octanol–water partition coefficient (Wildman–Crippen LogP) is 4.23. The molecule has 134 valence electrons. The van der Waals surface area contributed by atoms with E-state index in [-0.39, 0.29) is 5.91 Å². The van der Waals surface area contributed by atoms with Gasteiger partial charge in [0, 0.05) is 19.8 Å². The number of para-hydroxylation sites is 1. The van der Waals surface area contributed by atoms with Crippen molar-refractivity contribution in [3.8, 4) is 5.69 Å². The number of rotatable bonds is 5. The lowest BCUT2D eigenvalue weighted by atomic mass is 10.0. The van der Waals surface area contributed by atoms with Gasteiger partial charge in [-0.2, -0.15) is 5.10 Å². The van der Waals surface area contributed by atoms with Crippen molar-refractivity contribution in [1.29, 1.82) is 0 Å². The van der Waals surface area contributed by atoms with Crippen LogP contribution in [0.15, 0.2) is 85.2 Å². The summed E-state index contributed by atoms with van der Waals surface area (Å²) in [4.78, 5) is 14.5. The van der Waals surface area contributed by atoms with Crippen molar-refractivity contribution in [3.05, 3.63) is 96.3 Å². The van der Waals surface area contributed by atoms with E-state index in [1.165, 1.54) is 10.8 Å². The van der Waals surface area contributed by atoms with Gasteiger partial charge in [0.1, 0.15) is 0 Å². The summed E-state index contributed by atoms with van der Waals surface area (Å²) < 4.78 is 1.80. The van der Waals surface area contributed by atoms with E-state index in [1.54, 1.807) is 15.8 Å². The zero-order valence-electron chi connectivity index (χ0n) is 15.2. The average molecular weight is 355 g/mol. The second-order valence-electron chi connectivity index (χ2n) is 6.69. The highest BCUT2D eigenvalue weighted by atomic mass is 16.2. The third-order valence-corrected chi connectivity index (χ3v) is 4.73. The molecule has 0 spiro atoms. The van der Waals surface area contributed by atoms with E-state index in [9.17, 15) is 4.79 Å². The molecular formula is C23H21N3O. The molecule has 0 unspecified atom stereocenters. The molecule has 4 rings (SSSR count). The summed E-state index contributed by atoms with van der Waals surface area (Å²) in [6.45, 7) is 0.590. The SMILES string of the molecule is CN(Cc1cccc2ccccc12)C(=O)Cc1cnn(-c2ccccc2)c1.